The highest BCUT2D eigenvalue weighted by Crippen LogP contribution is 2.35. The minimum absolute atomic E-state index is 0.189. The smallest absolute Gasteiger partial charge is 0.123 e. The summed E-state index contributed by atoms with van der Waals surface area (Å²) in [6.07, 6.45) is 0. The van der Waals surface area contributed by atoms with Gasteiger partial charge in [-0.1, -0.05) is 51.1 Å². The molecule has 2 aromatic rings. The van der Waals surface area contributed by atoms with Crippen molar-refractivity contribution < 1.29 is 0 Å². The van der Waals surface area contributed by atoms with Crippen LogP contribution in [-0.2, 0) is 5.41 Å². The van der Waals surface area contributed by atoms with Gasteiger partial charge in [0.1, 0.15) is 5.01 Å². The molecule has 0 spiro atoms. The van der Waals surface area contributed by atoms with E-state index in [1.165, 1.54) is 10.4 Å². The summed E-state index contributed by atoms with van der Waals surface area (Å²) in [5.74, 6) is 0. The molecule has 0 unspecified atom stereocenters. The van der Waals surface area contributed by atoms with E-state index in [1.54, 1.807) is 0 Å². The van der Waals surface area contributed by atoms with E-state index in [1.807, 2.05) is 17.4 Å². The Balaban J connectivity index is 2.47. The molecule has 2 rings (SSSR count). The van der Waals surface area contributed by atoms with Crippen LogP contribution in [0.1, 0.15) is 31.3 Å². The summed E-state index contributed by atoms with van der Waals surface area (Å²) >= 11 is 1.81. The van der Waals surface area contributed by atoms with Gasteiger partial charge in [-0.3, -0.25) is 0 Å². The highest BCUT2D eigenvalue weighted by Gasteiger charge is 2.21. The van der Waals surface area contributed by atoms with Crippen LogP contribution in [0.2, 0.25) is 0 Å². The van der Waals surface area contributed by atoms with Crippen LogP contribution in [0.15, 0.2) is 30.3 Å². The molecule has 0 saturated carbocycles. The Hall–Kier alpha value is -1.15. The van der Waals surface area contributed by atoms with E-state index in [2.05, 4.69) is 56.9 Å². The van der Waals surface area contributed by atoms with Crippen molar-refractivity contribution >= 4 is 11.3 Å². The first kappa shape index (κ1) is 11.3. The lowest BCUT2D eigenvalue weighted by Crippen LogP contribution is -2.10. The molecule has 0 radical (unpaired) electrons. The topological polar surface area (TPSA) is 12.9 Å². The molecule has 0 atom stereocenters. The first-order chi connectivity index (χ1) is 7.48. The minimum Gasteiger partial charge on any atom is -0.241 e. The third-order valence-electron chi connectivity index (χ3n) is 2.50. The molecular formula is C14H17NS. The second-order valence-corrected chi connectivity index (χ2v) is 6.05. The zero-order valence-corrected chi connectivity index (χ0v) is 11.1. The second-order valence-electron chi connectivity index (χ2n) is 5.05. The standard InChI is InChI=1S/C14H17NS/c1-10-12(14(2,3)4)16-13(15-10)11-8-6-5-7-9-11/h5-9H,1-4H3. The van der Waals surface area contributed by atoms with Crippen molar-refractivity contribution in [2.75, 3.05) is 0 Å². The van der Waals surface area contributed by atoms with E-state index in [9.17, 15) is 0 Å². The van der Waals surface area contributed by atoms with Crippen molar-refractivity contribution in [3.63, 3.8) is 0 Å². The van der Waals surface area contributed by atoms with Gasteiger partial charge in [-0.05, 0) is 12.3 Å². The van der Waals surface area contributed by atoms with Gasteiger partial charge in [-0.25, -0.2) is 4.98 Å². The molecule has 0 bridgehead atoms. The quantitative estimate of drug-likeness (QED) is 0.708. The average molecular weight is 231 g/mol. The fraction of sp³-hybridized carbons (Fsp3) is 0.357. The van der Waals surface area contributed by atoms with E-state index >= 15 is 0 Å². The maximum atomic E-state index is 4.67. The van der Waals surface area contributed by atoms with Crippen LogP contribution in [0.5, 0.6) is 0 Å². The number of rotatable bonds is 1. The van der Waals surface area contributed by atoms with E-state index in [0.717, 1.165) is 10.7 Å². The lowest BCUT2D eigenvalue weighted by atomic mass is 9.93. The van der Waals surface area contributed by atoms with Crippen LogP contribution in [0.4, 0.5) is 0 Å². The molecule has 0 aliphatic carbocycles. The lowest BCUT2D eigenvalue weighted by Gasteiger charge is -2.16. The summed E-state index contributed by atoms with van der Waals surface area (Å²) in [4.78, 5) is 6.05. The van der Waals surface area contributed by atoms with Crippen LogP contribution < -0.4 is 0 Å². The molecule has 1 nitrogen and oxygen atoms in total. The van der Waals surface area contributed by atoms with Gasteiger partial charge in [-0.2, -0.15) is 0 Å². The van der Waals surface area contributed by atoms with Gasteiger partial charge in [0.2, 0.25) is 0 Å². The molecule has 1 aromatic heterocycles. The van der Waals surface area contributed by atoms with Crippen LogP contribution in [-0.4, -0.2) is 4.98 Å². The Labute approximate surface area is 101 Å². The SMILES string of the molecule is Cc1nc(-c2ccccc2)sc1C(C)(C)C. The molecule has 0 fully saturated rings. The van der Waals surface area contributed by atoms with Gasteiger partial charge in [0, 0.05) is 10.4 Å². The zero-order valence-electron chi connectivity index (χ0n) is 10.2. The Bertz CT molecular complexity index is 477. The fourth-order valence-electron chi connectivity index (χ4n) is 1.80. The van der Waals surface area contributed by atoms with E-state index in [4.69, 9.17) is 0 Å². The number of hydrogen-bond acceptors (Lipinski definition) is 2. The molecule has 0 N–H and O–H groups in total. The van der Waals surface area contributed by atoms with Crippen molar-refractivity contribution in [3.8, 4) is 10.6 Å². The molecule has 1 aromatic carbocycles. The number of nitrogens with zero attached hydrogens (tertiary/aromatic N) is 1. The van der Waals surface area contributed by atoms with Crippen molar-refractivity contribution in [1.82, 2.24) is 4.98 Å². The molecule has 0 aliphatic rings. The van der Waals surface area contributed by atoms with Crippen LogP contribution in [0.3, 0.4) is 0 Å². The summed E-state index contributed by atoms with van der Waals surface area (Å²) in [5, 5.41) is 1.13. The fourth-order valence-corrected chi connectivity index (χ4v) is 2.93. The highest BCUT2D eigenvalue weighted by molar-refractivity contribution is 7.15. The molecule has 1 heterocycles. The van der Waals surface area contributed by atoms with Crippen molar-refractivity contribution in [2.45, 2.75) is 33.1 Å². The number of aryl methyl sites for hydroxylation is 1. The third kappa shape index (κ3) is 2.17. The number of thiazole rings is 1. The van der Waals surface area contributed by atoms with E-state index < -0.39 is 0 Å². The monoisotopic (exact) mass is 231 g/mol. The van der Waals surface area contributed by atoms with Gasteiger partial charge >= 0.3 is 0 Å². The van der Waals surface area contributed by atoms with Gasteiger partial charge in [0.15, 0.2) is 0 Å². The summed E-state index contributed by atoms with van der Waals surface area (Å²) < 4.78 is 0. The molecule has 84 valence electrons. The predicted octanol–water partition coefficient (Wildman–Crippen LogP) is 4.42. The van der Waals surface area contributed by atoms with Crippen LogP contribution >= 0.6 is 11.3 Å². The molecule has 0 saturated heterocycles. The highest BCUT2D eigenvalue weighted by atomic mass is 32.1. The van der Waals surface area contributed by atoms with Crippen molar-refractivity contribution in [2.24, 2.45) is 0 Å². The summed E-state index contributed by atoms with van der Waals surface area (Å²) in [5.41, 5.74) is 2.57. The molecule has 0 aliphatic heterocycles. The maximum Gasteiger partial charge on any atom is 0.123 e. The molecule has 16 heavy (non-hydrogen) atoms. The Morgan fingerprint density at radius 1 is 1.06 bits per heavy atom. The third-order valence-corrected chi connectivity index (χ3v) is 4.13. The Kier molecular flexibility index (Phi) is 2.85. The van der Waals surface area contributed by atoms with E-state index in [0.29, 0.717) is 0 Å². The van der Waals surface area contributed by atoms with Gasteiger partial charge in [0.25, 0.3) is 0 Å². The van der Waals surface area contributed by atoms with Gasteiger partial charge < -0.3 is 0 Å². The number of aromatic nitrogens is 1. The number of benzene rings is 1. The Morgan fingerprint density at radius 2 is 1.69 bits per heavy atom. The van der Waals surface area contributed by atoms with Crippen LogP contribution in [0.25, 0.3) is 10.6 Å². The average Bonchev–Trinajstić information content (AvgIpc) is 2.61. The zero-order chi connectivity index (χ0) is 11.8. The Morgan fingerprint density at radius 3 is 2.19 bits per heavy atom. The van der Waals surface area contributed by atoms with Crippen LogP contribution in [0, 0.1) is 6.92 Å². The van der Waals surface area contributed by atoms with E-state index in [-0.39, 0.29) is 5.41 Å². The largest absolute Gasteiger partial charge is 0.241 e. The van der Waals surface area contributed by atoms with Gasteiger partial charge in [0.05, 0.1) is 5.69 Å². The molecule has 2 heteroatoms. The summed E-state index contributed by atoms with van der Waals surface area (Å²) in [6.45, 7) is 8.82. The predicted molar refractivity (Wildman–Crippen MR) is 71.0 cm³/mol. The lowest BCUT2D eigenvalue weighted by molar-refractivity contribution is 0.598. The normalized spacial score (nSPS) is 11.8. The van der Waals surface area contributed by atoms with Gasteiger partial charge in [-0.15, -0.1) is 11.3 Å². The minimum atomic E-state index is 0.189. The summed E-state index contributed by atoms with van der Waals surface area (Å²) in [7, 11) is 0. The van der Waals surface area contributed by atoms with Crippen molar-refractivity contribution in [1.29, 1.82) is 0 Å². The van der Waals surface area contributed by atoms with Crippen molar-refractivity contribution in [3.05, 3.63) is 40.9 Å². The molecular weight excluding hydrogens is 214 g/mol. The number of hydrogen-bond donors (Lipinski definition) is 0. The first-order valence-electron chi connectivity index (χ1n) is 5.52. The first-order valence-corrected chi connectivity index (χ1v) is 6.33. The maximum absolute atomic E-state index is 4.67. The molecule has 0 amide bonds. The second kappa shape index (κ2) is 4.02. The summed E-state index contributed by atoms with van der Waals surface area (Å²) in [6, 6.07) is 10.4.